The maximum atomic E-state index is 6.14. The number of hydrogen-bond acceptors (Lipinski definition) is 3. The van der Waals surface area contributed by atoms with Gasteiger partial charge in [0.25, 0.3) is 0 Å². The number of aryl methyl sites for hydroxylation is 1. The van der Waals surface area contributed by atoms with E-state index < -0.39 is 0 Å². The molecule has 0 fully saturated rings. The van der Waals surface area contributed by atoms with Gasteiger partial charge in [-0.25, -0.2) is 4.68 Å². The number of nitrogens with two attached hydrogens (primary N) is 1. The van der Waals surface area contributed by atoms with E-state index >= 15 is 0 Å². The molecule has 0 saturated heterocycles. The van der Waals surface area contributed by atoms with Crippen LogP contribution >= 0.6 is 0 Å². The molecule has 2 aromatic rings. The molecule has 4 heteroatoms. The van der Waals surface area contributed by atoms with Crippen LogP contribution in [0.4, 0.5) is 5.82 Å². The normalized spacial score (nSPS) is 11.1. The molecule has 0 radical (unpaired) electrons. The van der Waals surface area contributed by atoms with Crippen molar-refractivity contribution in [2.75, 3.05) is 26.4 Å². The summed E-state index contributed by atoms with van der Waals surface area (Å²) < 4.78 is 1.88. The van der Waals surface area contributed by atoms with Crippen molar-refractivity contribution in [3.8, 4) is 11.1 Å². The Morgan fingerprint density at radius 1 is 1.22 bits per heavy atom. The zero-order valence-electron chi connectivity index (χ0n) is 11.0. The van der Waals surface area contributed by atoms with Gasteiger partial charge in [0.05, 0.1) is 6.20 Å². The Bertz CT molecular complexity index is 488. The van der Waals surface area contributed by atoms with Crippen molar-refractivity contribution >= 4 is 5.82 Å². The largest absolute Gasteiger partial charge is 0.383 e. The highest BCUT2D eigenvalue weighted by Crippen LogP contribution is 2.25. The summed E-state index contributed by atoms with van der Waals surface area (Å²) in [5.74, 6) is 0.750. The van der Waals surface area contributed by atoms with Gasteiger partial charge in [0.15, 0.2) is 0 Å². The minimum Gasteiger partial charge on any atom is -0.383 e. The third-order valence-corrected chi connectivity index (χ3v) is 2.94. The third-order valence-electron chi connectivity index (χ3n) is 2.94. The zero-order valence-corrected chi connectivity index (χ0v) is 11.0. The van der Waals surface area contributed by atoms with Crippen LogP contribution in [0.3, 0.4) is 0 Å². The van der Waals surface area contributed by atoms with Gasteiger partial charge in [-0.05, 0) is 32.6 Å². The Labute approximate surface area is 108 Å². The molecule has 1 aromatic carbocycles. The predicted octanol–water partition coefficient (Wildman–Crippen LogP) is 2.08. The Kier molecular flexibility index (Phi) is 3.99. The van der Waals surface area contributed by atoms with Crippen molar-refractivity contribution in [2.24, 2.45) is 0 Å². The van der Waals surface area contributed by atoms with Crippen LogP contribution < -0.4 is 5.73 Å². The standard InChI is InChI=1S/C14H20N4/c1-17(2)9-6-10-18-14(15)13(11-16-18)12-7-4-3-5-8-12/h3-5,7-8,11H,6,9-10,15H2,1-2H3. The minimum absolute atomic E-state index is 0.750. The van der Waals surface area contributed by atoms with E-state index in [1.807, 2.05) is 29.1 Å². The quantitative estimate of drug-likeness (QED) is 0.876. The average molecular weight is 244 g/mol. The molecule has 18 heavy (non-hydrogen) atoms. The number of benzene rings is 1. The van der Waals surface area contributed by atoms with E-state index in [1.165, 1.54) is 0 Å². The van der Waals surface area contributed by atoms with E-state index in [0.29, 0.717) is 0 Å². The molecule has 1 aromatic heterocycles. The number of rotatable bonds is 5. The lowest BCUT2D eigenvalue weighted by Crippen LogP contribution is -2.16. The summed E-state index contributed by atoms with van der Waals surface area (Å²) >= 11 is 0. The first-order valence-corrected chi connectivity index (χ1v) is 6.20. The molecule has 0 aliphatic heterocycles. The zero-order chi connectivity index (χ0) is 13.0. The molecule has 0 saturated carbocycles. The fourth-order valence-electron chi connectivity index (χ4n) is 1.95. The maximum Gasteiger partial charge on any atom is 0.129 e. The molecule has 1 heterocycles. The number of aromatic nitrogens is 2. The van der Waals surface area contributed by atoms with Gasteiger partial charge in [-0.1, -0.05) is 30.3 Å². The molecule has 0 aliphatic carbocycles. The van der Waals surface area contributed by atoms with Gasteiger partial charge < -0.3 is 10.6 Å². The monoisotopic (exact) mass is 244 g/mol. The van der Waals surface area contributed by atoms with E-state index in [4.69, 9.17) is 5.73 Å². The summed E-state index contributed by atoms with van der Waals surface area (Å²) in [5, 5.41) is 4.36. The lowest BCUT2D eigenvalue weighted by molar-refractivity contribution is 0.381. The summed E-state index contributed by atoms with van der Waals surface area (Å²) in [6.07, 6.45) is 2.90. The topological polar surface area (TPSA) is 47.1 Å². The second kappa shape index (κ2) is 5.69. The summed E-state index contributed by atoms with van der Waals surface area (Å²) in [5.41, 5.74) is 8.27. The van der Waals surface area contributed by atoms with E-state index in [2.05, 4.69) is 36.2 Å². The lowest BCUT2D eigenvalue weighted by Gasteiger charge is -2.10. The molecule has 2 rings (SSSR count). The van der Waals surface area contributed by atoms with Gasteiger partial charge in [-0.2, -0.15) is 5.10 Å². The summed E-state index contributed by atoms with van der Waals surface area (Å²) in [6.45, 7) is 1.90. The molecule has 0 amide bonds. The fourth-order valence-corrected chi connectivity index (χ4v) is 1.95. The second-order valence-corrected chi connectivity index (χ2v) is 4.69. The predicted molar refractivity (Wildman–Crippen MR) is 75.2 cm³/mol. The van der Waals surface area contributed by atoms with Crippen LogP contribution in [0.15, 0.2) is 36.5 Å². The van der Waals surface area contributed by atoms with Crippen LogP contribution in [-0.2, 0) is 6.54 Å². The molecule has 0 atom stereocenters. The molecule has 96 valence electrons. The highest BCUT2D eigenvalue weighted by Gasteiger charge is 2.08. The van der Waals surface area contributed by atoms with Crippen molar-refractivity contribution in [2.45, 2.75) is 13.0 Å². The summed E-state index contributed by atoms with van der Waals surface area (Å²) in [7, 11) is 4.14. The van der Waals surface area contributed by atoms with Gasteiger partial charge in [0, 0.05) is 12.1 Å². The van der Waals surface area contributed by atoms with E-state index in [9.17, 15) is 0 Å². The number of nitrogens with zero attached hydrogens (tertiary/aromatic N) is 3. The minimum atomic E-state index is 0.750. The van der Waals surface area contributed by atoms with E-state index in [1.54, 1.807) is 0 Å². The molecule has 0 spiro atoms. The van der Waals surface area contributed by atoms with Crippen LogP contribution in [0.5, 0.6) is 0 Å². The van der Waals surface area contributed by atoms with Gasteiger partial charge in [-0.3, -0.25) is 0 Å². The summed E-state index contributed by atoms with van der Waals surface area (Å²) in [4.78, 5) is 2.16. The van der Waals surface area contributed by atoms with Crippen molar-refractivity contribution in [1.29, 1.82) is 0 Å². The SMILES string of the molecule is CN(C)CCCn1ncc(-c2ccccc2)c1N. The molecular formula is C14H20N4. The third kappa shape index (κ3) is 2.90. The number of nitrogen functional groups attached to an aromatic ring is 1. The van der Waals surface area contributed by atoms with Crippen LogP contribution in [0.25, 0.3) is 11.1 Å². The van der Waals surface area contributed by atoms with Gasteiger partial charge in [0.2, 0.25) is 0 Å². The van der Waals surface area contributed by atoms with Crippen molar-refractivity contribution in [1.82, 2.24) is 14.7 Å². The second-order valence-electron chi connectivity index (χ2n) is 4.69. The van der Waals surface area contributed by atoms with Crippen LogP contribution in [-0.4, -0.2) is 35.3 Å². The highest BCUT2D eigenvalue weighted by atomic mass is 15.3. The smallest absolute Gasteiger partial charge is 0.129 e. The molecule has 4 nitrogen and oxygen atoms in total. The maximum absolute atomic E-state index is 6.14. The van der Waals surface area contributed by atoms with Crippen LogP contribution in [0.2, 0.25) is 0 Å². The molecular weight excluding hydrogens is 224 g/mol. The van der Waals surface area contributed by atoms with Gasteiger partial charge in [-0.15, -0.1) is 0 Å². The number of anilines is 1. The Morgan fingerprint density at radius 2 is 1.94 bits per heavy atom. The lowest BCUT2D eigenvalue weighted by atomic mass is 10.1. The molecule has 0 bridgehead atoms. The van der Waals surface area contributed by atoms with Crippen molar-refractivity contribution < 1.29 is 0 Å². The molecule has 2 N–H and O–H groups in total. The van der Waals surface area contributed by atoms with Crippen molar-refractivity contribution in [3.63, 3.8) is 0 Å². The number of hydrogen-bond donors (Lipinski definition) is 1. The Balaban J connectivity index is 2.09. The first-order chi connectivity index (χ1) is 8.68. The Morgan fingerprint density at radius 3 is 2.61 bits per heavy atom. The molecule has 0 aliphatic rings. The molecule has 0 unspecified atom stereocenters. The average Bonchev–Trinajstić information content (AvgIpc) is 2.72. The Hall–Kier alpha value is -1.81. The fraction of sp³-hybridized carbons (Fsp3) is 0.357. The van der Waals surface area contributed by atoms with Gasteiger partial charge in [0.1, 0.15) is 5.82 Å². The first-order valence-electron chi connectivity index (χ1n) is 6.20. The highest BCUT2D eigenvalue weighted by molar-refractivity contribution is 5.73. The van der Waals surface area contributed by atoms with Crippen molar-refractivity contribution in [3.05, 3.63) is 36.5 Å². The van der Waals surface area contributed by atoms with E-state index in [-0.39, 0.29) is 0 Å². The first kappa shape index (κ1) is 12.6. The van der Waals surface area contributed by atoms with Crippen LogP contribution in [0, 0.1) is 0 Å². The van der Waals surface area contributed by atoms with Crippen LogP contribution in [0.1, 0.15) is 6.42 Å². The van der Waals surface area contributed by atoms with Gasteiger partial charge >= 0.3 is 0 Å². The summed E-state index contributed by atoms with van der Waals surface area (Å²) in [6, 6.07) is 10.1. The van der Waals surface area contributed by atoms with E-state index in [0.717, 1.165) is 36.5 Å².